The molecule has 8 nitrogen and oxygen atoms in total. The molecule has 1 atom stereocenters. The molecular formula is C26H25F2N5O3. The highest BCUT2D eigenvalue weighted by Gasteiger charge is 2.34. The molecule has 0 aliphatic carbocycles. The lowest BCUT2D eigenvalue weighted by molar-refractivity contribution is 0.0640. The summed E-state index contributed by atoms with van der Waals surface area (Å²) in [5.74, 6) is 0.243. The molecule has 186 valence electrons. The van der Waals surface area contributed by atoms with Gasteiger partial charge in [0.15, 0.2) is 0 Å². The van der Waals surface area contributed by atoms with Gasteiger partial charge in [0.05, 0.1) is 29.7 Å². The van der Waals surface area contributed by atoms with Crippen molar-refractivity contribution in [2.45, 2.75) is 31.9 Å². The number of aromatic nitrogens is 2. The molecule has 0 bridgehead atoms. The minimum Gasteiger partial charge on any atom is -0.383 e. The second-order valence-electron chi connectivity index (χ2n) is 8.75. The average Bonchev–Trinajstić information content (AvgIpc) is 3.60. The first-order valence-electron chi connectivity index (χ1n) is 11.5. The Morgan fingerprint density at radius 2 is 2.25 bits per heavy atom. The third kappa shape index (κ3) is 4.18. The smallest absolute Gasteiger partial charge is 0.264 e. The van der Waals surface area contributed by atoms with E-state index >= 15 is 0 Å². The Morgan fingerprint density at radius 3 is 2.97 bits per heavy atom. The number of halogens is 2. The van der Waals surface area contributed by atoms with Crippen LogP contribution in [0.5, 0.6) is 0 Å². The molecule has 1 amide bonds. The van der Waals surface area contributed by atoms with Crippen molar-refractivity contribution in [3.05, 3.63) is 77.4 Å². The molecule has 5 rings (SSSR count). The van der Waals surface area contributed by atoms with Crippen molar-refractivity contribution in [3.8, 4) is 11.3 Å². The fraction of sp³-hybridized carbons (Fsp3) is 0.269. The van der Waals surface area contributed by atoms with Crippen molar-refractivity contribution in [2.75, 3.05) is 18.5 Å². The van der Waals surface area contributed by atoms with Gasteiger partial charge in [0.1, 0.15) is 17.1 Å². The zero-order valence-corrected chi connectivity index (χ0v) is 19.6. The van der Waals surface area contributed by atoms with E-state index in [0.29, 0.717) is 53.6 Å². The van der Waals surface area contributed by atoms with E-state index in [1.807, 2.05) is 6.07 Å². The van der Waals surface area contributed by atoms with Crippen LogP contribution in [0.3, 0.4) is 0 Å². The number of alkyl halides is 2. The molecule has 1 fully saturated rings. The van der Waals surface area contributed by atoms with Crippen molar-refractivity contribution >= 4 is 23.5 Å². The van der Waals surface area contributed by atoms with Crippen LogP contribution < -0.4 is 10.6 Å². The van der Waals surface area contributed by atoms with Gasteiger partial charge in [0.2, 0.25) is 0 Å². The van der Waals surface area contributed by atoms with Crippen LogP contribution in [0.1, 0.15) is 41.3 Å². The molecule has 2 aliphatic rings. The number of aliphatic imine (C=N–C) groups is 1. The number of allylic oxidation sites excluding steroid dienone is 1. The van der Waals surface area contributed by atoms with Crippen molar-refractivity contribution in [1.82, 2.24) is 14.7 Å². The van der Waals surface area contributed by atoms with E-state index < -0.39 is 12.0 Å². The summed E-state index contributed by atoms with van der Waals surface area (Å²) in [6, 6.07) is 6.35. The highest BCUT2D eigenvalue weighted by atomic mass is 19.3. The number of carbonyl (C=O) groups is 1. The number of ether oxygens (including phenoxy) is 1. The number of carbonyl (C=O) groups excluding carboxylic acids is 1. The number of nitrogens with zero attached hydrogens (tertiary/aromatic N) is 3. The van der Waals surface area contributed by atoms with E-state index in [9.17, 15) is 18.7 Å². The Kier molecular flexibility index (Phi) is 6.15. The first kappa shape index (κ1) is 23.8. The van der Waals surface area contributed by atoms with Crippen LogP contribution in [-0.2, 0) is 11.3 Å². The Hall–Kier alpha value is -3.89. The Morgan fingerprint density at radius 1 is 1.42 bits per heavy atom. The molecule has 0 unspecified atom stereocenters. The zero-order chi connectivity index (χ0) is 25.4. The standard InChI is InChI=1S/C26H25F2N5O3/c1-3-21(29-11-15(2)26(35)7-9-36-14-26)32-19-5-4-17(18-12-31-25(34)23(18)19)20-13-30-22-10-16(24(27)28)6-8-33(20)22/h3-6,8,10-11,13,24,32,35H,2,7,9,12,14H2,1H3,(H,31,34)/b21-3+,29-11?/t26-/m0/s1. The molecular weight excluding hydrogens is 468 g/mol. The third-order valence-electron chi connectivity index (χ3n) is 6.53. The predicted octanol–water partition coefficient (Wildman–Crippen LogP) is 4.23. The van der Waals surface area contributed by atoms with Crippen molar-refractivity contribution in [2.24, 2.45) is 4.99 Å². The fourth-order valence-electron chi connectivity index (χ4n) is 4.42. The first-order valence-corrected chi connectivity index (χ1v) is 11.5. The quantitative estimate of drug-likeness (QED) is 0.428. The second-order valence-corrected chi connectivity index (χ2v) is 8.75. The van der Waals surface area contributed by atoms with Gasteiger partial charge in [0, 0.05) is 43.1 Å². The van der Waals surface area contributed by atoms with E-state index in [-0.39, 0.29) is 18.1 Å². The lowest BCUT2D eigenvalue weighted by atomic mass is 9.95. The van der Waals surface area contributed by atoms with Crippen molar-refractivity contribution in [1.29, 1.82) is 0 Å². The minimum atomic E-state index is -2.58. The molecule has 0 radical (unpaired) electrons. The van der Waals surface area contributed by atoms with Crippen LogP contribution in [0.2, 0.25) is 0 Å². The van der Waals surface area contributed by atoms with Gasteiger partial charge in [-0.05, 0) is 42.3 Å². The van der Waals surface area contributed by atoms with Crippen LogP contribution in [0.4, 0.5) is 14.5 Å². The second kappa shape index (κ2) is 9.29. The number of pyridine rings is 1. The van der Waals surface area contributed by atoms with Gasteiger partial charge in [-0.3, -0.25) is 9.20 Å². The molecule has 36 heavy (non-hydrogen) atoms. The molecule has 3 aromatic rings. The summed E-state index contributed by atoms with van der Waals surface area (Å²) >= 11 is 0. The molecule has 1 aromatic carbocycles. The topological polar surface area (TPSA) is 100 Å². The molecule has 2 aliphatic heterocycles. The predicted molar refractivity (Wildman–Crippen MR) is 132 cm³/mol. The minimum absolute atomic E-state index is 0.101. The summed E-state index contributed by atoms with van der Waals surface area (Å²) in [6.07, 6.45) is 4.29. The summed E-state index contributed by atoms with van der Waals surface area (Å²) < 4.78 is 33.2. The van der Waals surface area contributed by atoms with E-state index in [1.165, 1.54) is 18.3 Å². The van der Waals surface area contributed by atoms with Gasteiger partial charge in [-0.25, -0.2) is 18.8 Å². The number of benzene rings is 1. The van der Waals surface area contributed by atoms with E-state index in [4.69, 9.17) is 4.74 Å². The maximum Gasteiger partial charge on any atom is 0.264 e. The number of imidazole rings is 1. The summed E-state index contributed by atoms with van der Waals surface area (Å²) in [4.78, 5) is 21.5. The average molecular weight is 494 g/mol. The molecule has 4 heterocycles. The van der Waals surface area contributed by atoms with Gasteiger partial charge < -0.3 is 20.5 Å². The largest absolute Gasteiger partial charge is 0.383 e. The van der Waals surface area contributed by atoms with E-state index in [1.54, 1.807) is 35.9 Å². The summed E-state index contributed by atoms with van der Waals surface area (Å²) in [6.45, 7) is 6.69. The molecule has 3 N–H and O–H groups in total. The van der Waals surface area contributed by atoms with E-state index in [0.717, 1.165) is 11.1 Å². The van der Waals surface area contributed by atoms with Crippen molar-refractivity contribution in [3.63, 3.8) is 0 Å². The third-order valence-corrected chi connectivity index (χ3v) is 6.53. The number of hydrogen-bond donors (Lipinski definition) is 3. The van der Waals surface area contributed by atoms with Gasteiger partial charge in [-0.15, -0.1) is 0 Å². The van der Waals surface area contributed by atoms with Crippen LogP contribution >= 0.6 is 0 Å². The van der Waals surface area contributed by atoms with Gasteiger partial charge in [0.25, 0.3) is 12.3 Å². The van der Waals surface area contributed by atoms with Gasteiger partial charge in [-0.1, -0.05) is 12.6 Å². The summed E-state index contributed by atoms with van der Waals surface area (Å²) in [7, 11) is 0. The monoisotopic (exact) mass is 493 g/mol. The van der Waals surface area contributed by atoms with E-state index in [2.05, 4.69) is 27.2 Å². The highest BCUT2D eigenvalue weighted by Crippen LogP contribution is 2.35. The van der Waals surface area contributed by atoms with Crippen LogP contribution in [0, 0.1) is 0 Å². The molecule has 2 aromatic heterocycles. The number of fused-ring (bicyclic) bond motifs is 2. The molecule has 10 heteroatoms. The van der Waals surface area contributed by atoms with Crippen LogP contribution in [0.15, 0.2) is 65.7 Å². The lowest BCUT2D eigenvalue weighted by Crippen LogP contribution is -2.31. The number of nitrogens with one attached hydrogen (secondary N) is 2. The van der Waals surface area contributed by atoms with Gasteiger partial charge >= 0.3 is 0 Å². The lowest BCUT2D eigenvalue weighted by Gasteiger charge is -2.20. The number of aliphatic hydroxyl groups is 1. The summed E-state index contributed by atoms with van der Waals surface area (Å²) in [5.41, 5.74) is 2.89. The maximum absolute atomic E-state index is 13.1. The summed E-state index contributed by atoms with van der Waals surface area (Å²) in [5, 5.41) is 16.6. The maximum atomic E-state index is 13.1. The molecule has 1 saturated heterocycles. The number of anilines is 1. The Balaban J connectivity index is 1.46. The number of hydrogen-bond acceptors (Lipinski definition) is 6. The Bertz CT molecular complexity index is 1420. The first-order chi connectivity index (χ1) is 17.3. The number of amides is 1. The molecule has 0 saturated carbocycles. The SMILES string of the molecule is C=C(C=N/C(=C\C)Nc1ccc(-c2cnc3cc(C(F)F)ccn23)c2c1C(=O)NC2)[C@]1(O)CCOC1. The molecule has 0 spiro atoms. The Labute approximate surface area is 206 Å². The van der Waals surface area contributed by atoms with Crippen molar-refractivity contribution < 1.29 is 23.4 Å². The van der Waals surface area contributed by atoms with Gasteiger partial charge in [-0.2, -0.15) is 0 Å². The highest BCUT2D eigenvalue weighted by molar-refractivity contribution is 6.05. The normalized spacial score (nSPS) is 19.9. The zero-order valence-electron chi connectivity index (χ0n) is 19.6. The van der Waals surface area contributed by atoms with Crippen LogP contribution in [0.25, 0.3) is 16.9 Å². The van der Waals surface area contributed by atoms with Crippen LogP contribution in [-0.4, -0.2) is 45.4 Å². The fourth-order valence-corrected chi connectivity index (χ4v) is 4.42. The number of rotatable bonds is 7.